The molecule has 0 heterocycles. The number of benzene rings is 1. The Morgan fingerprint density at radius 3 is 2.55 bits per heavy atom. The molecule has 0 aromatic heterocycles. The van der Waals surface area contributed by atoms with Gasteiger partial charge in [0.2, 0.25) is 0 Å². The molecule has 2 N–H and O–H groups in total. The van der Waals surface area contributed by atoms with E-state index in [9.17, 15) is 0 Å². The number of thioether (sulfide) groups is 1. The van der Waals surface area contributed by atoms with Crippen LogP contribution in [0.5, 0.6) is 0 Å². The highest BCUT2D eigenvalue weighted by atomic mass is 79.9. The van der Waals surface area contributed by atoms with Crippen molar-refractivity contribution in [2.45, 2.75) is 4.90 Å². The molecule has 0 saturated heterocycles. The van der Waals surface area contributed by atoms with Gasteiger partial charge in [-0.25, -0.2) is 0 Å². The van der Waals surface area contributed by atoms with Gasteiger partial charge < -0.3 is 5.73 Å². The summed E-state index contributed by atoms with van der Waals surface area (Å²) in [6, 6.07) is 3.94. The maximum absolute atomic E-state index is 5.77. The number of hydrogen-bond acceptors (Lipinski definition) is 2. The predicted molar refractivity (Wildman–Crippen MR) is 58.0 cm³/mol. The van der Waals surface area contributed by atoms with Crippen molar-refractivity contribution in [2.24, 2.45) is 0 Å². The van der Waals surface area contributed by atoms with E-state index in [1.165, 1.54) is 0 Å². The summed E-state index contributed by atoms with van der Waals surface area (Å²) in [4.78, 5) is 1.09. The monoisotopic (exact) mass is 295 g/mol. The van der Waals surface area contributed by atoms with Gasteiger partial charge in [-0.3, -0.25) is 0 Å². The van der Waals surface area contributed by atoms with E-state index < -0.39 is 0 Å². The molecule has 0 unspecified atom stereocenters. The SMILES string of the molecule is CSc1cc(Br)cc(Br)c1N. The highest BCUT2D eigenvalue weighted by Crippen LogP contribution is 2.33. The largest absolute Gasteiger partial charge is 0.397 e. The van der Waals surface area contributed by atoms with Crippen molar-refractivity contribution >= 4 is 49.3 Å². The third kappa shape index (κ3) is 2.13. The molecule has 0 atom stereocenters. The maximum atomic E-state index is 5.77. The van der Waals surface area contributed by atoms with E-state index in [1.54, 1.807) is 11.8 Å². The van der Waals surface area contributed by atoms with Gasteiger partial charge in [0, 0.05) is 13.8 Å². The standard InChI is InChI=1S/C7H7Br2NS/c1-11-6-3-4(8)2-5(9)7(6)10/h2-3H,10H2,1H3. The molecule has 0 aliphatic carbocycles. The number of rotatable bonds is 1. The zero-order chi connectivity index (χ0) is 8.43. The van der Waals surface area contributed by atoms with Crippen molar-refractivity contribution in [2.75, 3.05) is 12.0 Å². The van der Waals surface area contributed by atoms with Crippen molar-refractivity contribution in [3.05, 3.63) is 21.1 Å². The highest BCUT2D eigenvalue weighted by Gasteiger charge is 2.02. The Kier molecular flexibility index (Phi) is 3.28. The molecule has 0 radical (unpaired) electrons. The summed E-state index contributed by atoms with van der Waals surface area (Å²) in [6.45, 7) is 0. The lowest BCUT2D eigenvalue weighted by Crippen LogP contribution is -1.89. The first kappa shape index (κ1) is 9.42. The van der Waals surface area contributed by atoms with Gasteiger partial charge in [0.05, 0.1) is 5.69 Å². The Morgan fingerprint density at radius 2 is 2.00 bits per heavy atom. The summed E-state index contributed by atoms with van der Waals surface area (Å²) in [5.74, 6) is 0. The van der Waals surface area contributed by atoms with Gasteiger partial charge in [-0.1, -0.05) is 15.9 Å². The summed E-state index contributed by atoms with van der Waals surface area (Å²) < 4.78 is 1.99. The van der Waals surface area contributed by atoms with Crippen LogP contribution in [0.25, 0.3) is 0 Å². The fourth-order valence-corrected chi connectivity index (χ4v) is 2.81. The molecule has 60 valence electrons. The molecule has 0 aliphatic rings. The van der Waals surface area contributed by atoms with Crippen molar-refractivity contribution < 1.29 is 0 Å². The van der Waals surface area contributed by atoms with Crippen LogP contribution in [0.1, 0.15) is 0 Å². The van der Waals surface area contributed by atoms with Crippen LogP contribution in [0.4, 0.5) is 5.69 Å². The summed E-state index contributed by atoms with van der Waals surface area (Å²) in [5.41, 5.74) is 6.58. The summed E-state index contributed by atoms with van der Waals surface area (Å²) in [5, 5.41) is 0. The zero-order valence-electron chi connectivity index (χ0n) is 5.90. The van der Waals surface area contributed by atoms with E-state index in [0.29, 0.717) is 0 Å². The normalized spacial score (nSPS) is 10.1. The smallest absolute Gasteiger partial charge is 0.0597 e. The molecule has 1 aromatic rings. The Labute approximate surface area is 87.0 Å². The lowest BCUT2D eigenvalue weighted by atomic mass is 10.3. The molecule has 11 heavy (non-hydrogen) atoms. The summed E-state index contributed by atoms with van der Waals surface area (Å²) >= 11 is 8.40. The van der Waals surface area contributed by atoms with Crippen molar-refractivity contribution in [3.8, 4) is 0 Å². The fraction of sp³-hybridized carbons (Fsp3) is 0.143. The van der Waals surface area contributed by atoms with Crippen molar-refractivity contribution in [1.82, 2.24) is 0 Å². The number of halogens is 2. The average Bonchev–Trinajstić information content (AvgIpc) is 1.96. The number of hydrogen-bond donors (Lipinski definition) is 1. The van der Waals surface area contributed by atoms with E-state index in [-0.39, 0.29) is 0 Å². The Bertz CT molecular complexity index is 275. The topological polar surface area (TPSA) is 26.0 Å². The van der Waals surface area contributed by atoms with Gasteiger partial charge >= 0.3 is 0 Å². The lowest BCUT2D eigenvalue weighted by molar-refractivity contribution is 1.41. The van der Waals surface area contributed by atoms with Gasteiger partial charge in [0.1, 0.15) is 0 Å². The minimum atomic E-state index is 0.806. The fourth-order valence-electron chi connectivity index (χ4n) is 0.730. The Balaban J connectivity index is 3.24. The van der Waals surface area contributed by atoms with Crippen LogP contribution in [0.2, 0.25) is 0 Å². The molecule has 1 rings (SSSR count). The van der Waals surface area contributed by atoms with Crippen molar-refractivity contribution in [1.29, 1.82) is 0 Å². The highest BCUT2D eigenvalue weighted by molar-refractivity contribution is 9.11. The number of nitrogens with two attached hydrogens (primary N) is 1. The first-order valence-electron chi connectivity index (χ1n) is 2.93. The Morgan fingerprint density at radius 1 is 1.36 bits per heavy atom. The van der Waals surface area contributed by atoms with Crippen LogP contribution in [-0.4, -0.2) is 6.26 Å². The number of nitrogen functional groups attached to an aromatic ring is 1. The molecule has 1 nitrogen and oxygen atoms in total. The maximum Gasteiger partial charge on any atom is 0.0597 e. The van der Waals surface area contributed by atoms with Crippen LogP contribution in [0.15, 0.2) is 26.0 Å². The average molecular weight is 297 g/mol. The van der Waals surface area contributed by atoms with Crippen LogP contribution in [0.3, 0.4) is 0 Å². The second-order valence-electron chi connectivity index (χ2n) is 2.00. The minimum Gasteiger partial charge on any atom is -0.397 e. The summed E-state index contributed by atoms with van der Waals surface area (Å²) in [6.07, 6.45) is 2.00. The predicted octanol–water partition coefficient (Wildman–Crippen LogP) is 3.52. The summed E-state index contributed by atoms with van der Waals surface area (Å²) in [7, 11) is 0. The van der Waals surface area contributed by atoms with Gasteiger partial charge in [0.15, 0.2) is 0 Å². The molecule has 4 heteroatoms. The third-order valence-electron chi connectivity index (χ3n) is 1.28. The molecule has 0 aliphatic heterocycles. The van der Waals surface area contributed by atoms with Crippen LogP contribution < -0.4 is 5.73 Å². The first-order valence-corrected chi connectivity index (χ1v) is 5.74. The van der Waals surface area contributed by atoms with Gasteiger partial charge in [-0.2, -0.15) is 0 Å². The van der Waals surface area contributed by atoms with Gasteiger partial charge in [0.25, 0.3) is 0 Å². The lowest BCUT2D eigenvalue weighted by Gasteiger charge is -2.04. The van der Waals surface area contributed by atoms with Gasteiger partial charge in [-0.05, 0) is 34.3 Å². The molecule has 0 fully saturated rings. The van der Waals surface area contributed by atoms with Crippen LogP contribution >= 0.6 is 43.6 Å². The second-order valence-corrected chi connectivity index (χ2v) is 4.62. The van der Waals surface area contributed by atoms with E-state index in [0.717, 1.165) is 19.5 Å². The molecule has 1 aromatic carbocycles. The van der Waals surface area contributed by atoms with E-state index >= 15 is 0 Å². The molecule has 0 amide bonds. The molecule has 0 spiro atoms. The number of anilines is 1. The third-order valence-corrected chi connectivity index (χ3v) is 3.17. The van der Waals surface area contributed by atoms with E-state index in [2.05, 4.69) is 31.9 Å². The second kappa shape index (κ2) is 3.83. The first-order chi connectivity index (χ1) is 5.15. The van der Waals surface area contributed by atoms with Crippen LogP contribution in [0, 0.1) is 0 Å². The van der Waals surface area contributed by atoms with Gasteiger partial charge in [-0.15, -0.1) is 11.8 Å². The minimum absolute atomic E-state index is 0.806. The van der Waals surface area contributed by atoms with Crippen molar-refractivity contribution in [3.63, 3.8) is 0 Å². The molecular weight excluding hydrogens is 290 g/mol. The molecule has 0 bridgehead atoms. The zero-order valence-corrected chi connectivity index (χ0v) is 9.88. The molecular formula is C7H7Br2NS. The van der Waals surface area contributed by atoms with Crippen LogP contribution in [-0.2, 0) is 0 Å². The molecule has 0 saturated carbocycles. The quantitative estimate of drug-likeness (QED) is 0.634. The Hall–Kier alpha value is 0.330. The van der Waals surface area contributed by atoms with E-state index in [4.69, 9.17) is 5.73 Å². The van der Waals surface area contributed by atoms with E-state index in [1.807, 2.05) is 18.4 Å².